The molecule has 8 nitrogen and oxygen atoms in total. The summed E-state index contributed by atoms with van der Waals surface area (Å²) in [6, 6.07) is 9.61. The number of anilines is 2. The number of nitrogens with one attached hydrogen (secondary N) is 1. The summed E-state index contributed by atoms with van der Waals surface area (Å²) in [6.07, 6.45) is 1.85. The lowest BCUT2D eigenvalue weighted by molar-refractivity contribution is -0.123. The minimum Gasteiger partial charge on any atom is -0.353 e. The minimum absolute atomic E-state index is 0.0439. The summed E-state index contributed by atoms with van der Waals surface area (Å²) in [5.74, 6) is 0.980. The monoisotopic (exact) mass is 441 g/mol. The zero-order valence-corrected chi connectivity index (χ0v) is 19.0. The number of rotatable bonds is 3. The molecule has 0 radical (unpaired) electrons. The Morgan fingerprint density at radius 1 is 1.10 bits per heavy atom. The number of nitrogens with zero attached hydrogens (tertiary/aromatic N) is 4. The van der Waals surface area contributed by atoms with E-state index in [0.717, 1.165) is 28.3 Å². The van der Waals surface area contributed by atoms with E-state index in [1.807, 2.05) is 69.1 Å². The molecule has 31 heavy (non-hydrogen) atoms. The Hall–Kier alpha value is -2.94. The molecule has 4 rings (SSSR count). The summed E-state index contributed by atoms with van der Waals surface area (Å²) in [5, 5.41) is 7.64. The highest BCUT2D eigenvalue weighted by molar-refractivity contribution is 7.91. The second-order valence-electron chi connectivity index (χ2n) is 8.99. The fourth-order valence-electron chi connectivity index (χ4n) is 3.35. The van der Waals surface area contributed by atoms with Gasteiger partial charge in [0.1, 0.15) is 5.82 Å². The third-order valence-electron chi connectivity index (χ3n) is 5.44. The van der Waals surface area contributed by atoms with E-state index in [1.165, 1.54) is 0 Å². The van der Waals surface area contributed by atoms with Crippen molar-refractivity contribution in [2.45, 2.75) is 27.7 Å². The molecule has 0 spiro atoms. The number of carbonyl (C=O) groups excluding carboxylic acids is 1. The van der Waals surface area contributed by atoms with Crippen molar-refractivity contribution in [3.05, 3.63) is 42.1 Å². The normalized spacial score (nSPS) is 16.5. The third-order valence-corrected chi connectivity index (χ3v) is 7.05. The lowest BCUT2D eigenvalue weighted by Crippen LogP contribution is -2.40. The Bertz CT molecular complexity index is 1240. The molecule has 1 aliphatic rings. The summed E-state index contributed by atoms with van der Waals surface area (Å²) >= 11 is 0. The number of aryl methyl sites for hydroxylation is 1. The largest absolute Gasteiger partial charge is 0.353 e. The number of hydrogen-bond donors (Lipinski definition) is 1. The summed E-state index contributed by atoms with van der Waals surface area (Å²) in [4.78, 5) is 19.1. The highest BCUT2D eigenvalue weighted by Gasteiger charge is 2.23. The predicted molar refractivity (Wildman–Crippen MR) is 122 cm³/mol. The van der Waals surface area contributed by atoms with Crippen LogP contribution < -0.4 is 10.2 Å². The first-order chi connectivity index (χ1) is 14.5. The molecule has 1 aliphatic heterocycles. The van der Waals surface area contributed by atoms with Gasteiger partial charge < -0.3 is 10.2 Å². The van der Waals surface area contributed by atoms with Gasteiger partial charge in [-0.3, -0.25) is 4.79 Å². The molecular formula is C22H27N5O3S. The third kappa shape index (κ3) is 4.56. The molecule has 0 aliphatic carbocycles. The number of fused-ring (bicyclic) bond motifs is 1. The Morgan fingerprint density at radius 2 is 1.81 bits per heavy atom. The van der Waals surface area contributed by atoms with E-state index in [-0.39, 0.29) is 17.4 Å². The molecule has 1 N–H and O–H groups in total. The highest BCUT2D eigenvalue weighted by atomic mass is 32.2. The van der Waals surface area contributed by atoms with Gasteiger partial charge in [0.15, 0.2) is 15.5 Å². The molecule has 1 aromatic carbocycles. The van der Waals surface area contributed by atoms with E-state index in [2.05, 4.69) is 15.4 Å². The van der Waals surface area contributed by atoms with Crippen molar-refractivity contribution in [2.75, 3.05) is 34.8 Å². The number of sulfone groups is 1. The van der Waals surface area contributed by atoms with Crippen molar-refractivity contribution in [2.24, 2.45) is 5.41 Å². The van der Waals surface area contributed by atoms with Crippen LogP contribution in [0.4, 0.5) is 11.5 Å². The lowest BCUT2D eigenvalue weighted by Gasteiger charge is -2.27. The standard InChI is InChI=1S/C22H27N5O3S/c1-15-5-6-16(13-17(15)24-21(28)22(2,3)4)18-14-27-19(23-18)7-8-20(25-27)26-9-11-31(29,30)12-10-26/h5-8,13-14H,9-12H2,1-4H3,(H,24,28). The molecule has 9 heteroatoms. The van der Waals surface area contributed by atoms with Crippen molar-refractivity contribution >= 4 is 32.9 Å². The van der Waals surface area contributed by atoms with Crippen LogP contribution in [0, 0.1) is 12.3 Å². The van der Waals surface area contributed by atoms with Crippen LogP contribution in [-0.4, -0.2) is 53.5 Å². The van der Waals surface area contributed by atoms with Crippen molar-refractivity contribution in [1.29, 1.82) is 0 Å². The summed E-state index contributed by atoms with van der Waals surface area (Å²) in [6.45, 7) is 8.48. The van der Waals surface area contributed by atoms with E-state index in [4.69, 9.17) is 0 Å². The first-order valence-corrected chi connectivity index (χ1v) is 12.1. The first kappa shape index (κ1) is 21.3. The fraction of sp³-hybridized carbons (Fsp3) is 0.409. The van der Waals surface area contributed by atoms with E-state index < -0.39 is 15.3 Å². The number of amides is 1. The smallest absolute Gasteiger partial charge is 0.229 e. The molecule has 1 saturated heterocycles. The zero-order valence-electron chi connectivity index (χ0n) is 18.2. The molecule has 1 fully saturated rings. The van der Waals surface area contributed by atoms with Crippen molar-refractivity contribution in [3.8, 4) is 11.3 Å². The van der Waals surface area contributed by atoms with Crippen LogP contribution in [-0.2, 0) is 14.6 Å². The second kappa shape index (κ2) is 7.64. The van der Waals surface area contributed by atoms with Gasteiger partial charge in [0, 0.05) is 29.8 Å². The van der Waals surface area contributed by atoms with Crippen LogP contribution in [0.5, 0.6) is 0 Å². The molecule has 0 atom stereocenters. The van der Waals surface area contributed by atoms with Gasteiger partial charge in [0.25, 0.3) is 0 Å². The Kier molecular flexibility index (Phi) is 5.25. The van der Waals surface area contributed by atoms with Crippen molar-refractivity contribution in [3.63, 3.8) is 0 Å². The van der Waals surface area contributed by atoms with E-state index >= 15 is 0 Å². The average Bonchev–Trinajstić information content (AvgIpc) is 3.12. The quantitative estimate of drug-likeness (QED) is 0.671. The van der Waals surface area contributed by atoms with Crippen LogP contribution >= 0.6 is 0 Å². The molecule has 164 valence electrons. The van der Waals surface area contributed by atoms with Gasteiger partial charge in [0.05, 0.1) is 23.4 Å². The molecule has 3 heterocycles. The highest BCUT2D eigenvalue weighted by Crippen LogP contribution is 2.27. The van der Waals surface area contributed by atoms with Crippen LogP contribution in [0.3, 0.4) is 0 Å². The van der Waals surface area contributed by atoms with Crippen molar-refractivity contribution < 1.29 is 13.2 Å². The molecule has 0 unspecified atom stereocenters. The van der Waals surface area contributed by atoms with Crippen LogP contribution in [0.2, 0.25) is 0 Å². The van der Waals surface area contributed by atoms with Gasteiger partial charge in [-0.05, 0) is 30.7 Å². The Labute approximate surface area is 182 Å². The molecule has 0 bridgehead atoms. The zero-order chi connectivity index (χ0) is 22.4. The SMILES string of the molecule is Cc1ccc(-c2cn3nc(N4CCS(=O)(=O)CC4)ccc3n2)cc1NC(=O)C(C)(C)C. The van der Waals surface area contributed by atoms with Gasteiger partial charge in [-0.15, -0.1) is 5.10 Å². The fourth-order valence-corrected chi connectivity index (χ4v) is 4.55. The van der Waals surface area contributed by atoms with Gasteiger partial charge >= 0.3 is 0 Å². The maximum Gasteiger partial charge on any atom is 0.229 e. The topological polar surface area (TPSA) is 96.7 Å². The number of imidazole rings is 1. The van der Waals surface area contributed by atoms with Gasteiger partial charge in [-0.2, -0.15) is 0 Å². The van der Waals surface area contributed by atoms with Gasteiger partial charge in [0.2, 0.25) is 5.91 Å². The van der Waals surface area contributed by atoms with E-state index in [1.54, 1.807) is 4.52 Å². The predicted octanol–water partition coefficient (Wildman–Crippen LogP) is 2.92. The average molecular weight is 442 g/mol. The lowest BCUT2D eigenvalue weighted by atomic mass is 9.95. The maximum absolute atomic E-state index is 12.4. The summed E-state index contributed by atoms with van der Waals surface area (Å²) < 4.78 is 25.1. The number of benzene rings is 1. The second-order valence-corrected chi connectivity index (χ2v) is 11.3. The van der Waals surface area contributed by atoms with Gasteiger partial charge in [-0.25, -0.2) is 17.9 Å². The molecule has 3 aromatic rings. The van der Waals surface area contributed by atoms with Crippen LogP contribution in [0.15, 0.2) is 36.5 Å². The van der Waals surface area contributed by atoms with Crippen LogP contribution in [0.25, 0.3) is 16.9 Å². The number of aromatic nitrogens is 3. The Balaban J connectivity index is 1.62. The van der Waals surface area contributed by atoms with E-state index in [9.17, 15) is 13.2 Å². The maximum atomic E-state index is 12.4. The molecular weight excluding hydrogens is 414 g/mol. The molecule has 2 aromatic heterocycles. The molecule has 1 amide bonds. The number of hydrogen-bond acceptors (Lipinski definition) is 6. The van der Waals surface area contributed by atoms with Gasteiger partial charge in [-0.1, -0.05) is 32.9 Å². The minimum atomic E-state index is -2.94. The first-order valence-electron chi connectivity index (χ1n) is 10.3. The van der Waals surface area contributed by atoms with E-state index in [0.29, 0.717) is 18.7 Å². The van der Waals surface area contributed by atoms with Crippen LogP contribution in [0.1, 0.15) is 26.3 Å². The molecule has 0 saturated carbocycles. The Morgan fingerprint density at radius 3 is 2.48 bits per heavy atom. The summed E-state index contributed by atoms with van der Waals surface area (Å²) in [7, 11) is -2.94. The van der Waals surface area contributed by atoms with Crippen molar-refractivity contribution in [1.82, 2.24) is 14.6 Å². The number of carbonyl (C=O) groups is 1. The summed E-state index contributed by atoms with van der Waals surface area (Å²) in [5.41, 5.74) is 3.58.